The van der Waals surface area contributed by atoms with E-state index in [0.717, 1.165) is 27.9 Å². The molecule has 0 aliphatic carbocycles. The van der Waals surface area contributed by atoms with Crippen molar-refractivity contribution in [2.24, 2.45) is 0 Å². The zero-order valence-electron chi connectivity index (χ0n) is 12.0. The van der Waals surface area contributed by atoms with Crippen LogP contribution in [0.5, 0.6) is 11.6 Å². The van der Waals surface area contributed by atoms with Crippen LogP contribution in [-0.4, -0.2) is 11.0 Å². The van der Waals surface area contributed by atoms with Gasteiger partial charge in [0.05, 0.1) is 0 Å². The smallest absolute Gasteiger partial charge is 0.219 e. The first-order valence-corrected chi connectivity index (χ1v) is 7.46. The lowest BCUT2D eigenvalue weighted by atomic mass is 10.2. The van der Waals surface area contributed by atoms with E-state index >= 15 is 0 Å². The Morgan fingerprint density at radius 1 is 1.25 bits per heavy atom. The first kappa shape index (κ1) is 15.0. The van der Waals surface area contributed by atoms with E-state index < -0.39 is 0 Å². The number of nitrogens with one attached hydrogen (secondary N) is 1. The number of nitrogens with zero attached hydrogens (tertiary/aromatic N) is 1. The van der Waals surface area contributed by atoms with Crippen molar-refractivity contribution in [1.29, 1.82) is 0 Å². The number of hydrogen-bond acceptors (Lipinski definition) is 3. The summed E-state index contributed by atoms with van der Waals surface area (Å²) in [6.45, 7) is 7.09. The Morgan fingerprint density at radius 3 is 2.70 bits per heavy atom. The second-order valence-electron chi connectivity index (χ2n) is 5.05. The van der Waals surface area contributed by atoms with Crippen LogP contribution in [0.1, 0.15) is 25.0 Å². The van der Waals surface area contributed by atoms with Gasteiger partial charge in [0.1, 0.15) is 5.75 Å². The van der Waals surface area contributed by atoms with E-state index in [2.05, 4.69) is 40.1 Å². The van der Waals surface area contributed by atoms with Crippen molar-refractivity contribution in [1.82, 2.24) is 10.3 Å². The van der Waals surface area contributed by atoms with Crippen molar-refractivity contribution >= 4 is 15.9 Å². The summed E-state index contributed by atoms with van der Waals surface area (Å²) < 4.78 is 6.81. The molecule has 0 amide bonds. The molecule has 0 atom stereocenters. The van der Waals surface area contributed by atoms with E-state index in [4.69, 9.17) is 4.74 Å². The van der Waals surface area contributed by atoms with Gasteiger partial charge >= 0.3 is 0 Å². The predicted octanol–water partition coefficient (Wildman–Crippen LogP) is 4.44. The zero-order chi connectivity index (χ0) is 14.5. The van der Waals surface area contributed by atoms with Gasteiger partial charge in [-0.2, -0.15) is 0 Å². The lowest BCUT2D eigenvalue weighted by Gasteiger charge is -2.10. The van der Waals surface area contributed by atoms with Crippen LogP contribution in [0.3, 0.4) is 0 Å². The van der Waals surface area contributed by atoms with Crippen LogP contribution in [0.2, 0.25) is 0 Å². The molecule has 0 bridgehead atoms. The lowest BCUT2D eigenvalue weighted by molar-refractivity contribution is 0.458. The fourth-order valence-corrected chi connectivity index (χ4v) is 2.03. The molecule has 0 saturated carbocycles. The number of pyridine rings is 1. The quantitative estimate of drug-likeness (QED) is 0.877. The first-order chi connectivity index (χ1) is 9.54. The average Bonchev–Trinajstić information content (AvgIpc) is 2.42. The summed E-state index contributed by atoms with van der Waals surface area (Å²) >= 11 is 3.45. The molecule has 1 aromatic heterocycles. The number of aryl methyl sites for hydroxylation is 1. The molecule has 1 aromatic carbocycles. The van der Waals surface area contributed by atoms with Gasteiger partial charge in [-0.3, -0.25) is 0 Å². The number of benzene rings is 1. The summed E-state index contributed by atoms with van der Waals surface area (Å²) in [5, 5.41) is 3.36. The van der Waals surface area contributed by atoms with Crippen LogP contribution in [-0.2, 0) is 6.54 Å². The van der Waals surface area contributed by atoms with E-state index in [1.54, 1.807) is 0 Å². The lowest BCUT2D eigenvalue weighted by Crippen LogP contribution is -2.21. The molecule has 0 aliphatic heterocycles. The number of ether oxygens (including phenoxy) is 1. The molecule has 1 heterocycles. The highest BCUT2D eigenvalue weighted by atomic mass is 79.9. The Hall–Kier alpha value is -1.39. The summed E-state index contributed by atoms with van der Waals surface area (Å²) in [5.74, 6) is 1.43. The van der Waals surface area contributed by atoms with Crippen molar-refractivity contribution in [3.8, 4) is 11.6 Å². The minimum atomic E-state index is 0.468. The number of rotatable bonds is 5. The molecule has 1 N–H and O–H groups in total. The molecule has 0 spiro atoms. The number of halogens is 1. The summed E-state index contributed by atoms with van der Waals surface area (Å²) in [5.41, 5.74) is 2.23. The fourth-order valence-electron chi connectivity index (χ4n) is 1.69. The maximum Gasteiger partial charge on any atom is 0.219 e. The van der Waals surface area contributed by atoms with Crippen LogP contribution in [0.25, 0.3) is 0 Å². The highest BCUT2D eigenvalue weighted by Crippen LogP contribution is 2.27. The first-order valence-electron chi connectivity index (χ1n) is 6.67. The summed E-state index contributed by atoms with van der Waals surface area (Å²) in [6, 6.07) is 10.4. The SMILES string of the molecule is Cc1ccc(Br)cc1Oc1ccc(CNC(C)C)cn1. The molecule has 3 nitrogen and oxygen atoms in total. The van der Waals surface area contributed by atoms with E-state index in [1.165, 1.54) is 0 Å². The summed E-state index contributed by atoms with van der Waals surface area (Å²) in [4.78, 5) is 4.35. The summed E-state index contributed by atoms with van der Waals surface area (Å²) in [6.07, 6.45) is 1.85. The van der Waals surface area contributed by atoms with E-state index in [0.29, 0.717) is 11.9 Å². The Morgan fingerprint density at radius 2 is 2.05 bits per heavy atom. The molecule has 0 fully saturated rings. The maximum atomic E-state index is 5.81. The van der Waals surface area contributed by atoms with Crippen LogP contribution in [0.4, 0.5) is 0 Å². The Kier molecular flexibility index (Phi) is 5.15. The molecule has 2 rings (SSSR count). The summed E-state index contributed by atoms with van der Waals surface area (Å²) in [7, 11) is 0. The fraction of sp³-hybridized carbons (Fsp3) is 0.312. The van der Waals surface area contributed by atoms with Gasteiger partial charge in [0, 0.05) is 29.3 Å². The monoisotopic (exact) mass is 334 g/mol. The van der Waals surface area contributed by atoms with Gasteiger partial charge < -0.3 is 10.1 Å². The predicted molar refractivity (Wildman–Crippen MR) is 85.2 cm³/mol. The van der Waals surface area contributed by atoms with Crippen LogP contribution in [0, 0.1) is 6.92 Å². The number of hydrogen-bond donors (Lipinski definition) is 1. The van der Waals surface area contributed by atoms with Crippen LogP contribution >= 0.6 is 15.9 Å². The van der Waals surface area contributed by atoms with Crippen molar-refractivity contribution in [2.75, 3.05) is 0 Å². The molecule has 4 heteroatoms. The maximum absolute atomic E-state index is 5.81. The zero-order valence-corrected chi connectivity index (χ0v) is 13.6. The molecule has 0 radical (unpaired) electrons. The third kappa shape index (κ3) is 4.32. The van der Waals surface area contributed by atoms with Gasteiger partial charge in [-0.05, 0) is 30.2 Å². The van der Waals surface area contributed by atoms with Gasteiger partial charge in [-0.25, -0.2) is 4.98 Å². The highest BCUT2D eigenvalue weighted by Gasteiger charge is 2.04. The molecule has 106 valence electrons. The third-order valence-electron chi connectivity index (χ3n) is 2.88. The van der Waals surface area contributed by atoms with Crippen molar-refractivity contribution < 1.29 is 4.74 Å². The van der Waals surface area contributed by atoms with E-state index in [-0.39, 0.29) is 0 Å². The highest BCUT2D eigenvalue weighted by molar-refractivity contribution is 9.10. The van der Waals surface area contributed by atoms with Crippen LogP contribution < -0.4 is 10.1 Å². The molecular formula is C16H19BrN2O. The molecule has 0 unspecified atom stereocenters. The van der Waals surface area contributed by atoms with Gasteiger partial charge in [0.15, 0.2) is 0 Å². The van der Waals surface area contributed by atoms with Crippen molar-refractivity contribution in [3.05, 3.63) is 52.1 Å². The van der Waals surface area contributed by atoms with Crippen LogP contribution in [0.15, 0.2) is 41.0 Å². The average molecular weight is 335 g/mol. The topological polar surface area (TPSA) is 34.1 Å². The van der Waals surface area contributed by atoms with Crippen molar-refractivity contribution in [3.63, 3.8) is 0 Å². The Bertz CT molecular complexity index is 567. The van der Waals surface area contributed by atoms with Gasteiger partial charge in [0.25, 0.3) is 0 Å². The van der Waals surface area contributed by atoms with Gasteiger partial charge in [-0.15, -0.1) is 0 Å². The Balaban J connectivity index is 2.05. The standard InChI is InChI=1S/C16H19BrN2O/c1-11(2)18-9-13-5-7-16(19-10-13)20-15-8-14(17)6-4-12(15)3/h4-8,10-11,18H,9H2,1-3H3. The van der Waals surface area contributed by atoms with E-state index in [1.807, 2.05) is 43.5 Å². The molecule has 0 saturated heterocycles. The second-order valence-corrected chi connectivity index (χ2v) is 5.97. The Labute approximate surface area is 128 Å². The van der Waals surface area contributed by atoms with Gasteiger partial charge in [0.2, 0.25) is 5.88 Å². The second kappa shape index (κ2) is 6.86. The molecule has 0 aliphatic rings. The normalized spacial score (nSPS) is 10.8. The van der Waals surface area contributed by atoms with Crippen molar-refractivity contribution in [2.45, 2.75) is 33.4 Å². The third-order valence-corrected chi connectivity index (χ3v) is 3.37. The minimum absolute atomic E-state index is 0.468. The van der Waals surface area contributed by atoms with E-state index in [9.17, 15) is 0 Å². The largest absolute Gasteiger partial charge is 0.439 e. The minimum Gasteiger partial charge on any atom is -0.439 e. The number of aromatic nitrogens is 1. The molecular weight excluding hydrogens is 316 g/mol. The molecule has 2 aromatic rings. The van der Waals surface area contributed by atoms with Gasteiger partial charge in [-0.1, -0.05) is 41.9 Å². The molecule has 20 heavy (non-hydrogen) atoms.